The molecule has 8 rings (SSSR count). The summed E-state index contributed by atoms with van der Waals surface area (Å²) in [6.45, 7) is 8.38. The van der Waals surface area contributed by atoms with Crippen LogP contribution in [0.2, 0.25) is 0 Å². The van der Waals surface area contributed by atoms with Crippen LogP contribution >= 0.6 is 0 Å². The Bertz CT molecular complexity index is 2290. The van der Waals surface area contributed by atoms with Crippen LogP contribution in [0.4, 0.5) is 31.8 Å². The Labute approximate surface area is 319 Å². The first-order valence-corrected chi connectivity index (χ1v) is 19.0. The molecule has 2 saturated heterocycles. The number of anilines is 4. The van der Waals surface area contributed by atoms with Crippen LogP contribution in [0.5, 0.6) is 5.75 Å². The van der Waals surface area contributed by atoms with Crippen molar-refractivity contribution in [3.05, 3.63) is 115 Å². The largest absolute Gasteiger partial charge is 0.489 e. The second-order valence-electron chi connectivity index (χ2n) is 14.5. The molecule has 282 valence electrons. The highest BCUT2D eigenvalue weighted by Crippen LogP contribution is 2.38. The molecule has 0 unspecified atom stereocenters. The lowest BCUT2D eigenvalue weighted by atomic mass is 9.79. The Kier molecular flexibility index (Phi) is 10.4. The molecule has 3 aromatic carbocycles. The van der Waals surface area contributed by atoms with Crippen molar-refractivity contribution in [3.63, 3.8) is 0 Å². The van der Waals surface area contributed by atoms with Gasteiger partial charge in [0.1, 0.15) is 28.7 Å². The third-order valence-corrected chi connectivity index (χ3v) is 10.6. The lowest BCUT2D eigenvalue weighted by Crippen LogP contribution is -2.39. The average Bonchev–Trinajstić information content (AvgIpc) is 3.60. The Morgan fingerprint density at radius 1 is 0.873 bits per heavy atom. The topological polar surface area (TPSA) is 109 Å². The number of nitrogens with zero attached hydrogens (tertiary/aromatic N) is 5. The van der Waals surface area contributed by atoms with Gasteiger partial charge < -0.3 is 25.6 Å². The van der Waals surface area contributed by atoms with Crippen molar-refractivity contribution >= 4 is 34.6 Å². The van der Waals surface area contributed by atoms with E-state index in [1.807, 2.05) is 60.8 Å². The maximum atomic E-state index is 14.3. The number of rotatable bonds is 10. The van der Waals surface area contributed by atoms with Crippen LogP contribution in [0, 0.1) is 23.5 Å². The van der Waals surface area contributed by atoms with Gasteiger partial charge in [-0.3, -0.25) is 9.20 Å². The van der Waals surface area contributed by atoms with E-state index >= 15 is 0 Å². The summed E-state index contributed by atoms with van der Waals surface area (Å²) in [6.07, 6.45) is 8.53. The van der Waals surface area contributed by atoms with Gasteiger partial charge in [-0.2, -0.15) is 0 Å². The number of nitrogens with one attached hydrogen (secondary N) is 3. The number of amides is 1. The highest BCUT2D eigenvalue weighted by molar-refractivity contribution is 6.05. The minimum absolute atomic E-state index is 0.0435. The smallest absolute Gasteiger partial charge is 0.255 e. The van der Waals surface area contributed by atoms with Crippen molar-refractivity contribution in [2.24, 2.45) is 11.8 Å². The van der Waals surface area contributed by atoms with E-state index in [4.69, 9.17) is 14.7 Å². The minimum atomic E-state index is -0.859. The van der Waals surface area contributed by atoms with Crippen LogP contribution in [0.1, 0.15) is 49.9 Å². The lowest BCUT2D eigenvalue weighted by molar-refractivity contribution is 0.102. The third kappa shape index (κ3) is 7.86. The van der Waals surface area contributed by atoms with Crippen LogP contribution in [0.3, 0.4) is 0 Å². The molecular weight excluding hydrogens is 699 g/mol. The van der Waals surface area contributed by atoms with Crippen LogP contribution in [-0.4, -0.2) is 57.5 Å². The highest BCUT2D eigenvalue weighted by Gasteiger charge is 2.28. The third-order valence-electron chi connectivity index (χ3n) is 10.6. The van der Waals surface area contributed by atoms with Gasteiger partial charge in [-0.05, 0) is 119 Å². The second kappa shape index (κ2) is 15.8. The van der Waals surface area contributed by atoms with Crippen molar-refractivity contribution < 1.29 is 18.3 Å². The number of carbonyl (C=O) groups is 1. The Balaban J connectivity index is 1.07. The molecule has 0 spiro atoms. The summed E-state index contributed by atoms with van der Waals surface area (Å²) >= 11 is 0. The molecule has 12 heteroatoms. The zero-order valence-corrected chi connectivity index (χ0v) is 30.9. The zero-order chi connectivity index (χ0) is 37.9. The van der Waals surface area contributed by atoms with Gasteiger partial charge in [0, 0.05) is 48.4 Å². The summed E-state index contributed by atoms with van der Waals surface area (Å²) in [7, 11) is 0. The van der Waals surface area contributed by atoms with E-state index in [2.05, 4.69) is 38.0 Å². The molecule has 0 radical (unpaired) electrons. The molecule has 3 N–H and O–H groups in total. The van der Waals surface area contributed by atoms with Crippen molar-refractivity contribution in [2.75, 3.05) is 41.7 Å². The molecule has 0 bridgehead atoms. The number of imidazole rings is 1. The number of pyridine rings is 1. The number of fused-ring (bicyclic) bond motifs is 1. The lowest BCUT2D eigenvalue weighted by Gasteiger charge is -2.39. The Hall–Kier alpha value is -5.88. The van der Waals surface area contributed by atoms with Crippen LogP contribution < -0.4 is 25.6 Å². The first kappa shape index (κ1) is 36.1. The predicted octanol–water partition coefficient (Wildman–Crippen LogP) is 8.74. The number of piperidine rings is 2. The van der Waals surface area contributed by atoms with Gasteiger partial charge in [0.25, 0.3) is 5.91 Å². The molecule has 0 atom stereocenters. The van der Waals surface area contributed by atoms with Gasteiger partial charge in [-0.1, -0.05) is 24.3 Å². The normalized spacial score (nSPS) is 15.4. The molecule has 2 aliphatic rings. The highest BCUT2D eigenvalue weighted by atomic mass is 19.1. The monoisotopic (exact) mass is 742 g/mol. The van der Waals surface area contributed by atoms with Crippen LogP contribution in [0.25, 0.3) is 28.3 Å². The molecular formula is C43H44F2N8O2. The molecule has 3 aromatic heterocycles. The first-order valence-electron chi connectivity index (χ1n) is 19.0. The molecule has 10 nitrogen and oxygen atoms in total. The van der Waals surface area contributed by atoms with Gasteiger partial charge in [-0.15, -0.1) is 0 Å². The molecule has 6 aromatic rings. The summed E-state index contributed by atoms with van der Waals surface area (Å²) in [5.74, 6) is 0.351. The van der Waals surface area contributed by atoms with Crippen molar-refractivity contribution in [3.8, 4) is 28.4 Å². The van der Waals surface area contributed by atoms with E-state index in [9.17, 15) is 13.6 Å². The fourth-order valence-corrected chi connectivity index (χ4v) is 7.83. The van der Waals surface area contributed by atoms with Crippen molar-refractivity contribution in [2.45, 2.75) is 45.6 Å². The van der Waals surface area contributed by atoms with E-state index in [0.29, 0.717) is 34.2 Å². The van der Waals surface area contributed by atoms with Crippen LogP contribution in [0.15, 0.2) is 97.3 Å². The van der Waals surface area contributed by atoms with E-state index < -0.39 is 23.2 Å². The number of carbonyl (C=O) groups excluding carboxylic acids is 1. The SMILES string of the molecule is CC(C)Oc1cc(N2CCC(C3CCNCC3)CC2)ccc1Nc1nccc(-c2c(-c3cccc(C(=O)Nc4c(F)cccc4F)c3)nc3ccccn23)n1. The molecule has 5 heterocycles. The maximum absolute atomic E-state index is 14.3. The number of benzene rings is 3. The summed E-state index contributed by atoms with van der Waals surface area (Å²) in [5, 5.41) is 9.28. The number of para-hydroxylation sites is 1. The van der Waals surface area contributed by atoms with Gasteiger partial charge in [-0.25, -0.2) is 23.7 Å². The standard InChI is InChI=1S/C43H44F2N8O2/c1-27(2)55-37-26-32(52-23-17-29(18-24-52)28-14-19-46-20-15-28)12-13-35(37)48-43-47-21-16-36(49-43)41-39(50-38-11-3-4-22-53(38)41)30-7-5-8-31(25-30)42(54)51-40-33(44)9-6-10-34(40)45/h3-13,16,21-22,25-29,46H,14-15,17-20,23-24H2,1-2H3,(H,51,54)(H,47,48,49). The van der Waals surface area contributed by atoms with Gasteiger partial charge in [0.15, 0.2) is 0 Å². The van der Waals surface area contributed by atoms with Gasteiger partial charge >= 0.3 is 0 Å². The molecule has 2 aliphatic heterocycles. The van der Waals surface area contributed by atoms with E-state index in [-0.39, 0.29) is 11.7 Å². The quantitative estimate of drug-likeness (QED) is 0.128. The zero-order valence-electron chi connectivity index (χ0n) is 30.9. The Morgan fingerprint density at radius 3 is 2.42 bits per heavy atom. The van der Waals surface area contributed by atoms with Crippen molar-refractivity contribution in [1.82, 2.24) is 24.7 Å². The summed E-state index contributed by atoms with van der Waals surface area (Å²) in [4.78, 5) is 30.1. The first-order chi connectivity index (χ1) is 26.8. The van der Waals surface area contributed by atoms with Crippen LogP contribution in [-0.2, 0) is 0 Å². The van der Waals surface area contributed by atoms with E-state index in [0.717, 1.165) is 67.3 Å². The number of halogens is 2. The molecule has 0 saturated carbocycles. The summed E-state index contributed by atoms with van der Waals surface area (Å²) in [5.41, 5.74) is 4.74. The minimum Gasteiger partial charge on any atom is -0.489 e. The summed E-state index contributed by atoms with van der Waals surface area (Å²) < 4.78 is 37.0. The van der Waals surface area contributed by atoms with Gasteiger partial charge in [0.2, 0.25) is 5.95 Å². The summed E-state index contributed by atoms with van der Waals surface area (Å²) in [6, 6.07) is 24.0. The number of aromatic nitrogens is 4. The van der Waals surface area contributed by atoms with Crippen molar-refractivity contribution in [1.29, 1.82) is 0 Å². The fourth-order valence-electron chi connectivity index (χ4n) is 7.83. The number of hydrogen-bond donors (Lipinski definition) is 3. The number of ether oxygens (including phenoxy) is 1. The number of hydrogen-bond acceptors (Lipinski definition) is 8. The van der Waals surface area contributed by atoms with E-state index in [1.54, 1.807) is 24.4 Å². The average molecular weight is 743 g/mol. The molecule has 55 heavy (non-hydrogen) atoms. The Morgan fingerprint density at radius 2 is 1.64 bits per heavy atom. The fraction of sp³-hybridized carbons (Fsp3) is 0.302. The molecule has 2 fully saturated rings. The predicted molar refractivity (Wildman–Crippen MR) is 212 cm³/mol. The van der Waals surface area contributed by atoms with E-state index in [1.165, 1.54) is 31.7 Å². The maximum Gasteiger partial charge on any atom is 0.255 e. The molecule has 1 amide bonds. The molecule has 0 aliphatic carbocycles. The second-order valence-corrected chi connectivity index (χ2v) is 14.5. The van der Waals surface area contributed by atoms with Gasteiger partial charge in [0.05, 0.1) is 28.9 Å².